The summed E-state index contributed by atoms with van der Waals surface area (Å²) < 4.78 is 26.7. The second-order valence-electron chi connectivity index (χ2n) is 5.81. The van der Waals surface area contributed by atoms with Gasteiger partial charge in [0.1, 0.15) is 6.10 Å². The molecule has 0 spiro atoms. The number of carbonyl (C=O) groups excluding carboxylic acids is 4. The monoisotopic (exact) mass is 344 g/mol. The molecule has 9 nitrogen and oxygen atoms in total. The Morgan fingerprint density at radius 2 is 1.46 bits per heavy atom. The van der Waals surface area contributed by atoms with Crippen molar-refractivity contribution >= 4 is 23.9 Å². The van der Waals surface area contributed by atoms with E-state index >= 15 is 0 Å². The Morgan fingerprint density at radius 3 is 1.96 bits per heavy atom. The van der Waals surface area contributed by atoms with Crippen molar-refractivity contribution in [3.63, 3.8) is 0 Å². The first-order chi connectivity index (χ1) is 11.2. The summed E-state index contributed by atoms with van der Waals surface area (Å²) in [6.07, 6.45) is -3.41. The van der Waals surface area contributed by atoms with Gasteiger partial charge in [-0.15, -0.1) is 0 Å². The third kappa shape index (κ3) is 3.50. The van der Waals surface area contributed by atoms with Crippen LogP contribution in [0.5, 0.6) is 0 Å². The highest BCUT2D eigenvalue weighted by Crippen LogP contribution is 2.47. The molecule has 134 valence electrons. The van der Waals surface area contributed by atoms with Crippen molar-refractivity contribution in [2.24, 2.45) is 0 Å². The zero-order chi connectivity index (χ0) is 18.1. The van der Waals surface area contributed by atoms with Crippen molar-refractivity contribution in [2.75, 3.05) is 0 Å². The van der Waals surface area contributed by atoms with E-state index in [1.807, 2.05) is 0 Å². The molecule has 3 aliphatic rings. The molecule has 2 saturated heterocycles. The van der Waals surface area contributed by atoms with E-state index in [0.29, 0.717) is 6.42 Å². The summed E-state index contributed by atoms with van der Waals surface area (Å²) in [5.41, 5.74) is -1.57. The third-order valence-electron chi connectivity index (χ3n) is 3.87. The molecule has 2 bridgehead atoms. The van der Waals surface area contributed by atoms with Crippen LogP contribution >= 0.6 is 0 Å². The number of hydrogen-bond acceptors (Lipinski definition) is 9. The van der Waals surface area contributed by atoms with Crippen LogP contribution in [0.3, 0.4) is 0 Å². The number of carbonyl (C=O) groups is 4. The molecular formula is C15H20O9. The first kappa shape index (κ1) is 18.2. The molecule has 1 unspecified atom stereocenters. The molecule has 1 aliphatic carbocycles. The second-order valence-corrected chi connectivity index (χ2v) is 5.81. The summed E-state index contributed by atoms with van der Waals surface area (Å²) in [4.78, 5) is 45.9. The summed E-state index contributed by atoms with van der Waals surface area (Å²) in [5.74, 6) is -2.58. The smallest absolute Gasteiger partial charge is 0.305 e. The van der Waals surface area contributed by atoms with Crippen LogP contribution in [0.4, 0.5) is 0 Å². The van der Waals surface area contributed by atoms with E-state index in [9.17, 15) is 19.2 Å². The molecule has 0 aromatic carbocycles. The minimum absolute atomic E-state index is 0.227. The van der Waals surface area contributed by atoms with E-state index in [-0.39, 0.29) is 6.42 Å². The average Bonchev–Trinajstić information content (AvgIpc) is 2.41. The molecule has 2 heterocycles. The van der Waals surface area contributed by atoms with Gasteiger partial charge in [-0.05, 0) is 12.8 Å². The number of rotatable bonds is 4. The van der Waals surface area contributed by atoms with E-state index in [4.69, 9.17) is 23.7 Å². The second kappa shape index (κ2) is 6.76. The lowest BCUT2D eigenvalue weighted by Gasteiger charge is -2.55. The molecule has 5 atom stereocenters. The quantitative estimate of drug-likeness (QED) is 0.522. The van der Waals surface area contributed by atoms with E-state index in [2.05, 4.69) is 0 Å². The van der Waals surface area contributed by atoms with Crippen molar-refractivity contribution in [3.05, 3.63) is 0 Å². The van der Waals surface area contributed by atoms with E-state index in [0.717, 1.165) is 0 Å². The van der Waals surface area contributed by atoms with Gasteiger partial charge in [0.25, 0.3) is 0 Å². The number of fused-ring (bicyclic) bond motifs is 3. The van der Waals surface area contributed by atoms with Gasteiger partial charge >= 0.3 is 23.9 Å². The molecular weight excluding hydrogens is 324 g/mol. The SMILES string of the molecule is CC(=O)OC1O[C@@H]2CC[C@@]1(OC(C)=O)[C@@H](OC(C)=O)[C@@H]2OC(C)=O. The Hall–Kier alpha value is -2.16. The predicted molar refractivity (Wildman–Crippen MR) is 75.3 cm³/mol. The fraction of sp³-hybridized carbons (Fsp3) is 0.733. The van der Waals surface area contributed by atoms with Crippen molar-refractivity contribution in [3.8, 4) is 0 Å². The minimum atomic E-state index is -1.57. The molecule has 0 amide bonds. The van der Waals surface area contributed by atoms with Crippen molar-refractivity contribution in [1.29, 1.82) is 0 Å². The normalized spacial score (nSPS) is 34.2. The molecule has 3 fully saturated rings. The molecule has 9 heteroatoms. The van der Waals surface area contributed by atoms with Gasteiger partial charge in [-0.3, -0.25) is 19.2 Å². The first-order valence-electron chi connectivity index (χ1n) is 7.52. The Morgan fingerprint density at radius 1 is 0.875 bits per heavy atom. The van der Waals surface area contributed by atoms with Crippen LogP contribution in [0.25, 0.3) is 0 Å². The fourth-order valence-electron chi connectivity index (χ4n) is 3.20. The zero-order valence-corrected chi connectivity index (χ0v) is 13.9. The van der Waals surface area contributed by atoms with Gasteiger partial charge in [0.05, 0.1) is 0 Å². The Kier molecular flexibility index (Phi) is 5.12. The van der Waals surface area contributed by atoms with E-state index < -0.39 is 54.1 Å². The van der Waals surface area contributed by atoms with Crippen LogP contribution in [0.15, 0.2) is 0 Å². The summed E-state index contributed by atoms with van der Waals surface area (Å²) in [7, 11) is 0. The highest BCUT2D eigenvalue weighted by atomic mass is 16.7. The van der Waals surface area contributed by atoms with Gasteiger partial charge in [-0.25, -0.2) is 0 Å². The van der Waals surface area contributed by atoms with Gasteiger partial charge in [-0.2, -0.15) is 0 Å². The number of esters is 4. The molecule has 3 rings (SSSR count). The summed E-state index contributed by atoms with van der Waals surface area (Å²) in [6, 6.07) is 0. The largest absolute Gasteiger partial charge is 0.456 e. The predicted octanol–water partition coefficient (Wildman–Crippen LogP) is 0.233. The van der Waals surface area contributed by atoms with Crippen LogP contribution in [0, 0.1) is 0 Å². The van der Waals surface area contributed by atoms with Gasteiger partial charge in [-0.1, -0.05) is 0 Å². The standard InChI is InChI=1S/C15H20O9/c1-7(16)20-12-11-5-6-15(24-10(4)19,13(12)21-8(2)17)14(23-11)22-9(3)18/h11-14H,5-6H2,1-4H3/t11-,12-,13+,14?,15-/m1/s1. The molecule has 1 saturated carbocycles. The van der Waals surface area contributed by atoms with Crippen LogP contribution in [-0.4, -0.2) is 54.1 Å². The molecule has 0 aromatic rings. The Balaban J connectivity index is 2.44. The van der Waals surface area contributed by atoms with Crippen LogP contribution < -0.4 is 0 Å². The van der Waals surface area contributed by atoms with Gasteiger partial charge in [0.2, 0.25) is 11.9 Å². The summed E-state index contributed by atoms with van der Waals surface area (Å²) in [5, 5.41) is 0. The molecule has 24 heavy (non-hydrogen) atoms. The maximum atomic E-state index is 11.6. The lowest BCUT2D eigenvalue weighted by atomic mass is 9.74. The number of ether oxygens (including phenoxy) is 5. The lowest BCUT2D eigenvalue weighted by Crippen LogP contribution is -2.73. The molecule has 2 aliphatic heterocycles. The van der Waals surface area contributed by atoms with Crippen molar-refractivity contribution < 1.29 is 42.9 Å². The van der Waals surface area contributed by atoms with E-state index in [1.165, 1.54) is 27.7 Å². The van der Waals surface area contributed by atoms with Gasteiger partial charge < -0.3 is 23.7 Å². The van der Waals surface area contributed by atoms with Crippen molar-refractivity contribution in [1.82, 2.24) is 0 Å². The zero-order valence-electron chi connectivity index (χ0n) is 13.9. The third-order valence-corrected chi connectivity index (χ3v) is 3.87. The summed E-state index contributed by atoms with van der Waals surface area (Å²) in [6.45, 7) is 4.73. The number of hydrogen-bond donors (Lipinski definition) is 0. The van der Waals surface area contributed by atoms with Crippen molar-refractivity contribution in [2.45, 2.75) is 70.7 Å². The first-order valence-corrected chi connectivity index (χ1v) is 7.52. The van der Waals surface area contributed by atoms with Crippen LogP contribution in [0.2, 0.25) is 0 Å². The highest BCUT2D eigenvalue weighted by molar-refractivity contribution is 5.69. The topological polar surface area (TPSA) is 114 Å². The molecule has 0 N–H and O–H groups in total. The highest BCUT2D eigenvalue weighted by Gasteiger charge is 2.67. The Bertz CT molecular complexity index is 543. The molecule has 0 radical (unpaired) electrons. The fourth-order valence-corrected chi connectivity index (χ4v) is 3.20. The average molecular weight is 344 g/mol. The molecule has 0 aromatic heterocycles. The van der Waals surface area contributed by atoms with E-state index in [1.54, 1.807) is 0 Å². The minimum Gasteiger partial charge on any atom is -0.456 e. The van der Waals surface area contributed by atoms with Crippen LogP contribution in [-0.2, 0) is 42.9 Å². The summed E-state index contributed by atoms with van der Waals surface area (Å²) >= 11 is 0. The maximum absolute atomic E-state index is 11.6. The lowest BCUT2D eigenvalue weighted by molar-refractivity contribution is -0.357. The van der Waals surface area contributed by atoms with Crippen LogP contribution in [0.1, 0.15) is 40.5 Å². The van der Waals surface area contributed by atoms with Gasteiger partial charge in [0, 0.05) is 27.7 Å². The maximum Gasteiger partial charge on any atom is 0.305 e. The van der Waals surface area contributed by atoms with Gasteiger partial charge in [0.15, 0.2) is 12.2 Å². The Labute approximate surface area is 138 Å².